The number of rotatable bonds is 1. The predicted molar refractivity (Wildman–Crippen MR) is 68.8 cm³/mol. The highest BCUT2D eigenvalue weighted by atomic mass is 16.5. The van der Waals surface area contributed by atoms with Gasteiger partial charge in [0, 0.05) is 32.2 Å². The standard InChI is InChI=1S/C11H22N2O.C2H6/c1-9-7-11(8-10(2)14-9)13-5-3-12-4-6-13;1-2/h9-12H,3-8H2,1-2H3;1-2H3. The smallest absolute Gasteiger partial charge is 0.0565 e. The lowest BCUT2D eigenvalue weighted by Gasteiger charge is -2.41. The fourth-order valence-electron chi connectivity index (χ4n) is 2.72. The van der Waals surface area contributed by atoms with Crippen molar-refractivity contribution in [2.45, 2.75) is 58.8 Å². The maximum atomic E-state index is 5.76. The Bertz CT molecular complexity index is 171. The van der Waals surface area contributed by atoms with Crippen LogP contribution in [0.5, 0.6) is 0 Å². The van der Waals surface area contributed by atoms with Crippen LogP contribution < -0.4 is 5.32 Å². The molecular weight excluding hydrogens is 200 g/mol. The second-order valence-electron chi connectivity index (χ2n) is 4.67. The maximum absolute atomic E-state index is 5.76. The van der Waals surface area contributed by atoms with Crippen molar-refractivity contribution in [2.75, 3.05) is 26.2 Å². The lowest BCUT2D eigenvalue weighted by Crippen LogP contribution is -2.51. The fourth-order valence-corrected chi connectivity index (χ4v) is 2.72. The van der Waals surface area contributed by atoms with Gasteiger partial charge in [-0.3, -0.25) is 4.90 Å². The molecule has 0 aliphatic carbocycles. The third kappa shape index (κ3) is 4.04. The van der Waals surface area contributed by atoms with Gasteiger partial charge in [0.25, 0.3) is 0 Å². The van der Waals surface area contributed by atoms with Gasteiger partial charge in [0.15, 0.2) is 0 Å². The monoisotopic (exact) mass is 228 g/mol. The second kappa shape index (κ2) is 7.25. The molecule has 0 spiro atoms. The highest BCUT2D eigenvalue weighted by Gasteiger charge is 2.29. The molecule has 2 aliphatic rings. The van der Waals surface area contributed by atoms with Crippen LogP contribution in [-0.2, 0) is 4.74 Å². The molecule has 2 unspecified atom stereocenters. The van der Waals surface area contributed by atoms with Crippen LogP contribution in [0.25, 0.3) is 0 Å². The summed E-state index contributed by atoms with van der Waals surface area (Å²) in [6.07, 6.45) is 3.31. The first-order chi connectivity index (χ1) is 7.75. The summed E-state index contributed by atoms with van der Waals surface area (Å²) < 4.78 is 5.76. The molecule has 2 rings (SSSR count). The van der Waals surface area contributed by atoms with Crippen LogP contribution in [-0.4, -0.2) is 49.3 Å². The van der Waals surface area contributed by atoms with Gasteiger partial charge in [-0.15, -0.1) is 0 Å². The summed E-state index contributed by atoms with van der Waals surface area (Å²) in [5, 5.41) is 3.40. The van der Waals surface area contributed by atoms with Crippen molar-refractivity contribution in [2.24, 2.45) is 0 Å². The fraction of sp³-hybridized carbons (Fsp3) is 1.00. The van der Waals surface area contributed by atoms with Crippen molar-refractivity contribution < 1.29 is 4.74 Å². The molecule has 0 aromatic heterocycles. The number of ether oxygens (including phenoxy) is 1. The minimum atomic E-state index is 0.443. The van der Waals surface area contributed by atoms with Gasteiger partial charge in [0.2, 0.25) is 0 Å². The highest BCUT2D eigenvalue weighted by Crippen LogP contribution is 2.23. The topological polar surface area (TPSA) is 24.5 Å². The zero-order valence-corrected chi connectivity index (χ0v) is 11.3. The van der Waals surface area contributed by atoms with Crippen LogP contribution >= 0.6 is 0 Å². The summed E-state index contributed by atoms with van der Waals surface area (Å²) in [5.74, 6) is 0. The van der Waals surface area contributed by atoms with Crippen LogP contribution in [0, 0.1) is 0 Å². The van der Waals surface area contributed by atoms with Crippen molar-refractivity contribution in [3.63, 3.8) is 0 Å². The Balaban J connectivity index is 0.000000606. The van der Waals surface area contributed by atoms with E-state index in [0.717, 1.165) is 19.1 Å². The molecule has 3 nitrogen and oxygen atoms in total. The van der Waals surface area contributed by atoms with E-state index >= 15 is 0 Å². The molecule has 2 heterocycles. The van der Waals surface area contributed by atoms with Crippen LogP contribution in [0.1, 0.15) is 40.5 Å². The minimum Gasteiger partial charge on any atom is -0.375 e. The molecule has 0 bridgehead atoms. The molecular formula is C13H28N2O. The number of hydrogen-bond donors (Lipinski definition) is 1. The molecule has 1 N–H and O–H groups in total. The largest absolute Gasteiger partial charge is 0.375 e. The van der Waals surface area contributed by atoms with Gasteiger partial charge >= 0.3 is 0 Å². The molecule has 2 aliphatic heterocycles. The van der Waals surface area contributed by atoms with Crippen LogP contribution in [0.15, 0.2) is 0 Å². The van der Waals surface area contributed by atoms with Crippen molar-refractivity contribution >= 4 is 0 Å². The van der Waals surface area contributed by atoms with Crippen molar-refractivity contribution in [3.05, 3.63) is 0 Å². The first-order valence-electron chi connectivity index (χ1n) is 6.86. The summed E-state index contributed by atoms with van der Waals surface area (Å²) in [6, 6.07) is 0.760. The van der Waals surface area contributed by atoms with Crippen LogP contribution in [0.3, 0.4) is 0 Å². The summed E-state index contributed by atoms with van der Waals surface area (Å²) in [7, 11) is 0. The average molecular weight is 228 g/mol. The third-order valence-corrected chi connectivity index (χ3v) is 3.34. The molecule has 2 fully saturated rings. The first kappa shape index (κ1) is 13.9. The van der Waals surface area contributed by atoms with Gasteiger partial charge in [-0.1, -0.05) is 13.8 Å². The highest BCUT2D eigenvalue weighted by molar-refractivity contribution is 4.83. The Hall–Kier alpha value is -0.120. The Morgan fingerprint density at radius 3 is 2.00 bits per heavy atom. The van der Waals surface area contributed by atoms with Crippen molar-refractivity contribution in [3.8, 4) is 0 Å². The number of nitrogens with zero attached hydrogens (tertiary/aromatic N) is 1. The van der Waals surface area contributed by atoms with E-state index in [0.29, 0.717) is 12.2 Å². The Morgan fingerprint density at radius 2 is 1.50 bits per heavy atom. The van der Waals surface area contributed by atoms with Gasteiger partial charge in [0.05, 0.1) is 12.2 Å². The third-order valence-electron chi connectivity index (χ3n) is 3.34. The molecule has 0 saturated carbocycles. The maximum Gasteiger partial charge on any atom is 0.0565 e. The normalized spacial score (nSPS) is 36.4. The zero-order valence-electron chi connectivity index (χ0n) is 11.3. The zero-order chi connectivity index (χ0) is 12.0. The van der Waals surface area contributed by atoms with E-state index in [2.05, 4.69) is 24.1 Å². The van der Waals surface area contributed by atoms with Gasteiger partial charge < -0.3 is 10.1 Å². The molecule has 0 amide bonds. The summed E-state index contributed by atoms with van der Waals surface area (Å²) in [4.78, 5) is 2.63. The number of hydrogen-bond acceptors (Lipinski definition) is 3. The second-order valence-corrected chi connectivity index (χ2v) is 4.67. The average Bonchev–Trinajstić information content (AvgIpc) is 2.32. The molecule has 0 aromatic carbocycles. The summed E-state index contributed by atoms with van der Waals surface area (Å²) >= 11 is 0. The van der Waals surface area contributed by atoms with Crippen molar-refractivity contribution in [1.29, 1.82) is 0 Å². The first-order valence-corrected chi connectivity index (χ1v) is 6.86. The van der Waals surface area contributed by atoms with Gasteiger partial charge in [-0.25, -0.2) is 0 Å². The molecule has 2 atom stereocenters. The van der Waals surface area contributed by atoms with Crippen LogP contribution in [0.2, 0.25) is 0 Å². The van der Waals surface area contributed by atoms with Gasteiger partial charge in [0.1, 0.15) is 0 Å². The van der Waals surface area contributed by atoms with E-state index < -0.39 is 0 Å². The lowest BCUT2D eigenvalue weighted by molar-refractivity contribution is -0.0666. The van der Waals surface area contributed by atoms with Crippen LogP contribution in [0.4, 0.5) is 0 Å². The van der Waals surface area contributed by atoms with E-state index in [1.165, 1.54) is 25.9 Å². The summed E-state index contributed by atoms with van der Waals surface area (Å²) in [5.41, 5.74) is 0. The van der Waals surface area contributed by atoms with E-state index in [9.17, 15) is 0 Å². The molecule has 2 saturated heterocycles. The van der Waals surface area contributed by atoms with E-state index in [1.54, 1.807) is 0 Å². The van der Waals surface area contributed by atoms with E-state index in [4.69, 9.17) is 4.74 Å². The molecule has 0 aromatic rings. The lowest BCUT2D eigenvalue weighted by atomic mass is 9.98. The number of piperazine rings is 1. The SMILES string of the molecule is CC.CC1CC(N2CCNCC2)CC(C)O1. The predicted octanol–water partition coefficient (Wildman–Crippen LogP) is 1.87. The Labute approximate surface area is 101 Å². The molecule has 96 valence electrons. The number of nitrogens with one attached hydrogen (secondary N) is 1. The molecule has 0 radical (unpaired) electrons. The van der Waals surface area contributed by atoms with E-state index in [-0.39, 0.29) is 0 Å². The van der Waals surface area contributed by atoms with Gasteiger partial charge in [-0.2, -0.15) is 0 Å². The Kier molecular flexibility index (Phi) is 6.32. The quantitative estimate of drug-likeness (QED) is 0.741. The molecule has 3 heteroatoms. The van der Waals surface area contributed by atoms with E-state index in [1.807, 2.05) is 13.8 Å². The van der Waals surface area contributed by atoms with Crippen molar-refractivity contribution in [1.82, 2.24) is 10.2 Å². The summed E-state index contributed by atoms with van der Waals surface area (Å²) in [6.45, 7) is 13.1. The minimum absolute atomic E-state index is 0.443. The molecule has 16 heavy (non-hydrogen) atoms. The van der Waals surface area contributed by atoms with Gasteiger partial charge in [-0.05, 0) is 26.7 Å². The Morgan fingerprint density at radius 1 is 1.00 bits per heavy atom.